The van der Waals surface area contributed by atoms with Gasteiger partial charge in [-0.2, -0.15) is 5.26 Å². The lowest BCUT2D eigenvalue weighted by atomic mass is 9.94. The molecule has 12 nitrogen and oxygen atoms in total. The molecule has 0 aliphatic carbocycles. The van der Waals surface area contributed by atoms with E-state index in [1.165, 1.54) is 20.3 Å². The molecule has 1 saturated heterocycles. The Balaban J connectivity index is 0.816. The maximum atomic E-state index is 15.4. The summed E-state index contributed by atoms with van der Waals surface area (Å²) in [6, 6.07) is 31.9. The molecule has 0 saturated carbocycles. The largest absolute Gasteiger partial charge is 0.496 e. The van der Waals surface area contributed by atoms with Crippen molar-refractivity contribution in [1.82, 2.24) is 14.9 Å². The average Bonchev–Trinajstić information content (AvgIpc) is 3.52. The summed E-state index contributed by atoms with van der Waals surface area (Å²) < 4.78 is 32.3. The number of piperazine rings is 1. The number of halogens is 4. The van der Waals surface area contributed by atoms with Crippen molar-refractivity contribution >= 4 is 63.7 Å². The fourth-order valence-corrected chi connectivity index (χ4v) is 9.55. The molecule has 2 atom stereocenters. The molecule has 0 bridgehead atoms. The summed E-state index contributed by atoms with van der Waals surface area (Å²) in [7, 11) is 3.00. The zero-order valence-corrected chi connectivity index (χ0v) is 41.4. The number of aromatic nitrogens is 2. The fourth-order valence-electron chi connectivity index (χ4n) is 9.13. The van der Waals surface area contributed by atoms with Crippen LogP contribution in [0.25, 0.3) is 11.3 Å². The van der Waals surface area contributed by atoms with Gasteiger partial charge in [0.1, 0.15) is 28.9 Å². The van der Waals surface area contributed by atoms with Gasteiger partial charge in [0.15, 0.2) is 5.78 Å². The van der Waals surface area contributed by atoms with Crippen LogP contribution >= 0.6 is 34.8 Å². The smallest absolute Gasteiger partial charge is 0.230 e. The number of ether oxygens (including phenoxy) is 3. The molecular weight excluding hydrogens is 966 g/mol. The lowest BCUT2D eigenvalue weighted by Gasteiger charge is -2.48. The number of anilines is 1. The van der Waals surface area contributed by atoms with Crippen molar-refractivity contribution in [2.24, 2.45) is 4.99 Å². The molecule has 2 aliphatic rings. The SMILES string of the molecule is COc1cc(Cc2ncc3c(n2)-c2ccc(Cl)cc2C(c2c(F)cccc2OC)=NC3)ccc1C(=O)CCCOCCCC(=O)CC(=O)N1C[C@H](CC#N)N(c2ccc(Cl)cc2)[C@H](c2ccc(Cl)cc2)C1. The number of hydrogen-bond donors (Lipinski definition) is 0. The highest BCUT2D eigenvalue weighted by Gasteiger charge is 2.38. The molecule has 364 valence electrons. The van der Waals surface area contributed by atoms with E-state index in [2.05, 4.69) is 16.0 Å². The normalized spacial score (nSPS) is 15.2. The van der Waals surface area contributed by atoms with E-state index in [9.17, 15) is 19.6 Å². The van der Waals surface area contributed by atoms with Gasteiger partial charge in [0, 0.05) is 89.2 Å². The van der Waals surface area contributed by atoms with Gasteiger partial charge in [0.25, 0.3) is 0 Å². The van der Waals surface area contributed by atoms with E-state index >= 15 is 4.39 Å². The molecule has 0 radical (unpaired) electrons. The molecule has 1 amide bonds. The molecule has 2 aliphatic heterocycles. The predicted octanol–water partition coefficient (Wildman–Crippen LogP) is 11.3. The number of nitriles is 1. The standard InChI is InChI=1S/C55H50Cl3FN6O6/c1-69-49-9-3-7-46(59)53(49)55-45-28-39(58)17-21-43(45)54-36(31-62-55)30-61-51(63-54)27-34-10-20-44(50(26-34)70-2)48(67)8-5-25-71-24-4-6-42(66)29-52(68)64-32-41(22-23-60)65(40-18-15-38(57)16-19-40)47(33-64)35-11-13-37(56)14-12-35/h3,7,9-21,26,28,30,41,47H,4-6,8,22,24-25,27,29,31-33H2,1-2H3/t41-,47-/m0/s1. The van der Waals surface area contributed by atoms with Gasteiger partial charge in [0.05, 0.1) is 74.3 Å². The van der Waals surface area contributed by atoms with Crippen LogP contribution in [-0.4, -0.2) is 84.6 Å². The molecule has 1 fully saturated rings. The quantitative estimate of drug-likeness (QED) is 0.0436. The van der Waals surface area contributed by atoms with Gasteiger partial charge < -0.3 is 24.0 Å². The zero-order valence-electron chi connectivity index (χ0n) is 39.2. The third kappa shape index (κ3) is 12.1. The van der Waals surface area contributed by atoms with E-state index < -0.39 is 5.82 Å². The van der Waals surface area contributed by atoms with E-state index in [-0.39, 0.29) is 73.9 Å². The van der Waals surface area contributed by atoms with Crippen molar-refractivity contribution in [1.29, 1.82) is 5.26 Å². The molecular formula is C55H50Cl3FN6O6. The fraction of sp³-hybridized carbons (Fsp3) is 0.291. The lowest BCUT2D eigenvalue weighted by molar-refractivity contribution is -0.136. The number of aliphatic imine (C=N–C) groups is 1. The number of nitrogens with zero attached hydrogens (tertiary/aromatic N) is 6. The Kier molecular flexibility index (Phi) is 16.8. The summed E-state index contributed by atoms with van der Waals surface area (Å²) in [5.74, 6) is 0.248. The second kappa shape index (κ2) is 23.5. The zero-order chi connectivity index (χ0) is 50.0. The maximum absolute atomic E-state index is 15.4. The van der Waals surface area contributed by atoms with Crippen LogP contribution in [0, 0.1) is 17.1 Å². The Labute approximate surface area is 427 Å². The second-order valence-electron chi connectivity index (χ2n) is 17.3. The third-order valence-electron chi connectivity index (χ3n) is 12.6. The number of hydrogen-bond acceptors (Lipinski definition) is 11. The minimum absolute atomic E-state index is 0.103. The van der Waals surface area contributed by atoms with Crippen LogP contribution in [0.2, 0.25) is 15.1 Å². The van der Waals surface area contributed by atoms with Crippen LogP contribution in [0.5, 0.6) is 11.5 Å². The first-order valence-electron chi connectivity index (χ1n) is 23.2. The van der Waals surface area contributed by atoms with Crippen LogP contribution in [0.15, 0.2) is 114 Å². The summed E-state index contributed by atoms with van der Waals surface area (Å²) in [6.45, 7) is 1.43. The van der Waals surface area contributed by atoms with E-state index in [1.54, 1.807) is 65.7 Å². The number of rotatable bonds is 19. The Morgan fingerprint density at radius 3 is 2.27 bits per heavy atom. The highest BCUT2D eigenvalue weighted by molar-refractivity contribution is 6.32. The maximum Gasteiger partial charge on any atom is 0.230 e. The number of amides is 1. The van der Waals surface area contributed by atoms with Gasteiger partial charge in [-0.05, 0) is 96.8 Å². The Hall–Kier alpha value is -6.69. The summed E-state index contributed by atoms with van der Waals surface area (Å²) in [4.78, 5) is 58.3. The summed E-state index contributed by atoms with van der Waals surface area (Å²) in [5, 5.41) is 11.4. The summed E-state index contributed by atoms with van der Waals surface area (Å²) in [6.07, 6.45) is 3.27. The van der Waals surface area contributed by atoms with Gasteiger partial charge in [-0.3, -0.25) is 19.4 Å². The second-order valence-corrected chi connectivity index (χ2v) is 18.6. The number of ketones is 2. The van der Waals surface area contributed by atoms with E-state index in [1.807, 2.05) is 42.5 Å². The van der Waals surface area contributed by atoms with Crippen LogP contribution < -0.4 is 14.4 Å². The van der Waals surface area contributed by atoms with Gasteiger partial charge in [-0.15, -0.1) is 0 Å². The number of methoxy groups -OCH3 is 2. The van der Waals surface area contributed by atoms with Crippen LogP contribution in [0.3, 0.4) is 0 Å². The van der Waals surface area contributed by atoms with E-state index in [0.717, 1.165) is 27.9 Å². The molecule has 1 aromatic heterocycles. The number of carbonyl (C=O) groups is 3. The molecule has 16 heteroatoms. The van der Waals surface area contributed by atoms with Gasteiger partial charge >= 0.3 is 0 Å². The van der Waals surface area contributed by atoms with Crippen molar-refractivity contribution < 1.29 is 33.0 Å². The first-order valence-corrected chi connectivity index (χ1v) is 24.3. The van der Waals surface area contributed by atoms with Crippen LogP contribution in [0.1, 0.15) is 88.6 Å². The van der Waals surface area contributed by atoms with Crippen LogP contribution in [-0.2, 0) is 27.3 Å². The number of Topliss-reactive ketones (excluding diaryl/α,β-unsaturated/α-hetero) is 2. The minimum Gasteiger partial charge on any atom is -0.496 e. The monoisotopic (exact) mass is 1010 g/mol. The third-order valence-corrected chi connectivity index (χ3v) is 13.3. The first-order chi connectivity index (χ1) is 34.4. The Bertz CT molecular complexity index is 3000. The van der Waals surface area contributed by atoms with E-state index in [4.69, 9.17) is 59.0 Å². The van der Waals surface area contributed by atoms with Crippen LogP contribution in [0.4, 0.5) is 10.1 Å². The number of carbonyl (C=O) groups excluding carboxylic acids is 3. The number of benzene rings is 5. The molecule has 3 heterocycles. The Morgan fingerprint density at radius 2 is 1.54 bits per heavy atom. The lowest BCUT2D eigenvalue weighted by Crippen LogP contribution is -2.56. The molecule has 0 N–H and O–H groups in total. The predicted molar refractivity (Wildman–Crippen MR) is 273 cm³/mol. The average molecular weight is 1020 g/mol. The topological polar surface area (TPSA) is 147 Å². The van der Waals surface area contributed by atoms with Crippen molar-refractivity contribution in [2.75, 3.05) is 45.4 Å². The minimum atomic E-state index is -0.472. The van der Waals surface area contributed by atoms with Crippen molar-refractivity contribution in [3.63, 3.8) is 0 Å². The van der Waals surface area contributed by atoms with Gasteiger partial charge in [-0.1, -0.05) is 65.1 Å². The molecule has 0 spiro atoms. The molecule has 5 aromatic carbocycles. The summed E-state index contributed by atoms with van der Waals surface area (Å²) in [5.41, 5.74) is 6.48. The highest BCUT2D eigenvalue weighted by Crippen LogP contribution is 2.38. The van der Waals surface area contributed by atoms with Crippen molar-refractivity contribution in [3.05, 3.63) is 169 Å². The van der Waals surface area contributed by atoms with Gasteiger partial charge in [0.2, 0.25) is 5.91 Å². The van der Waals surface area contributed by atoms with Gasteiger partial charge in [-0.25, -0.2) is 14.4 Å². The van der Waals surface area contributed by atoms with Crippen molar-refractivity contribution in [2.45, 2.75) is 63.6 Å². The molecule has 6 aromatic rings. The Morgan fingerprint density at radius 1 is 0.817 bits per heavy atom. The number of fused-ring (bicyclic) bond motifs is 3. The summed E-state index contributed by atoms with van der Waals surface area (Å²) >= 11 is 18.9. The van der Waals surface area contributed by atoms with E-state index in [0.29, 0.717) is 93.9 Å². The molecule has 8 rings (SSSR count). The highest BCUT2D eigenvalue weighted by atomic mass is 35.5. The molecule has 0 unspecified atom stereocenters. The first kappa shape index (κ1) is 50.7. The molecule has 71 heavy (non-hydrogen) atoms. The van der Waals surface area contributed by atoms with Crippen molar-refractivity contribution in [3.8, 4) is 28.8 Å².